The van der Waals surface area contributed by atoms with Crippen LogP contribution in [0.4, 0.5) is 0 Å². The van der Waals surface area contributed by atoms with E-state index in [-0.39, 0.29) is 29.7 Å². The van der Waals surface area contributed by atoms with Crippen LogP contribution in [0.1, 0.15) is 6.85 Å². The van der Waals surface area contributed by atoms with Gasteiger partial charge in [0.25, 0.3) is 0 Å². The Morgan fingerprint density at radius 3 is 1.59 bits per heavy atom. The summed E-state index contributed by atoms with van der Waals surface area (Å²) in [6, 6.07) is 46.6. The molecule has 9 rings (SSSR count). The lowest BCUT2D eigenvalue weighted by Gasteiger charge is -2.12. The van der Waals surface area contributed by atoms with E-state index in [4.69, 9.17) is 6.85 Å². The second kappa shape index (κ2) is 9.86. The van der Waals surface area contributed by atoms with Gasteiger partial charge >= 0.3 is 0 Å². The number of para-hydroxylation sites is 2. The highest BCUT2D eigenvalue weighted by Gasteiger charge is 2.18. The SMILES string of the molecule is [2H]c1c([2H])c([2H])c(-c2cccc(-n3c4ccccc4c4cc5c6ccccc6n(-c6ccc(-c7ccccc7)cc6)c5cc43)c2)c([2H])c1[2H]. The summed E-state index contributed by atoms with van der Waals surface area (Å²) in [5, 5.41) is 4.55. The molecular formula is C42H28N2. The number of aromatic nitrogens is 2. The van der Waals surface area contributed by atoms with Crippen molar-refractivity contribution in [3.05, 3.63) is 170 Å². The molecule has 7 aromatic carbocycles. The molecule has 2 heterocycles. The molecule has 2 heteroatoms. The lowest BCUT2D eigenvalue weighted by Crippen LogP contribution is -1.96. The predicted molar refractivity (Wildman–Crippen MR) is 186 cm³/mol. The van der Waals surface area contributed by atoms with Crippen LogP contribution in [-0.2, 0) is 0 Å². The van der Waals surface area contributed by atoms with Gasteiger partial charge in [0.15, 0.2) is 0 Å². The van der Waals surface area contributed by atoms with Gasteiger partial charge in [-0.15, -0.1) is 0 Å². The molecule has 0 bridgehead atoms. The van der Waals surface area contributed by atoms with Crippen LogP contribution in [0, 0.1) is 0 Å². The van der Waals surface area contributed by atoms with Gasteiger partial charge in [-0.3, -0.25) is 0 Å². The molecule has 2 nitrogen and oxygen atoms in total. The Kier molecular flexibility index (Phi) is 4.51. The summed E-state index contributed by atoms with van der Waals surface area (Å²) in [4.78, 5) is 0. The zero-order chi connectivity index (χ0) is 33.4. The molecule has 0 fully saturated rings. The summed E-state index contributed by atoms with van der Waals surface area (Å²) >= 11 is 0. The first-order chi connectivity index (χ1) is 23.9. The summed E-state index contributed by atoms with van der Waals surface area (Å²) in [6.07, 6.45) is 0. The van der Waals surface area contributed by atoms with Crippen LogP contribution in [0.25, 0.3) is 77.2 Å². The quantitative estimate of drug-likeness (QED) is 0.201. The number of nitrogens with zero attached hydrogens (tertiary/aromatic N) is 2. The van der Waals surface area contributed by atoms with Gasteiger partial charge in [0.1, 0.15) is 0 Å². The molecule has 9 aromatic rings. The number of hydrogen-bond donors (Lipinski definition) is 0. The van der Waals surface area contributed by atoms with Crippen molar-refractivity contribution in [3.63, 3.8) is 0 Å². The van der Waals surface area contributed by atoms with Crippen LogP contribution in [0.3, 0.4) is 0 Å². The lowest BCUT2D eigenvalue weighted by molar-refractivity contribution is 1.16. The van der Waals surface area contributed by atoms with Gasteiger partial charge in [-0.05, 0) is 70.8 Å². The molecule has 0 spiro atoms. The Hall–Kier alpha value is -5.86. The third-order valence-corrected chi connectivity index (χ3v) is 8.59. The van der Waals surface area contributed by atoms with Gasteiger partial charge in [0, 0.05) is 32.9 Å². The summed E-state index contributed by atoms with van der Waals surface area (Å²) in [5.41, 5.74) is 9.22. The Balaban J connectivity index is 1.31. The van der Waals surface area contributed by atoms with Gasteiger partial charge in [0.05, 0.1) is 28.9 Å². The lowest BCUT2D eigenvalue weighted by atomic mass is 10.1. The Morgan fingerprint density at radius 2 is 0.909 bits per heavy atom. The van der Waals surface area contributed by atoms with Crippen LogP contribution in [0.2, 0.25) is 0 Å². The van der Waals surface area contributed by atoms with E-state index in [1.54, 1.807) is 6.07 Å². The van der Waals surface area contributed by atoms with E-state index < -0.39 is 6.04 Å². The van der Waals surface area contributed by atoms with Crippen molar-refractivity contribution in [2.45, 2.75) is 0 Å². The molecule has 0 N–H and O–H groups in total. The molecule has 0 radical (unpaired) electrons. The minimum absolute atomic E-state index is 0.190. The van der Waals surface area contributed by atoms with E-state index in [0.717, 1.165) is 55.2 Å². The third-order valence-electron chi connectivity index (χ3n) is 8.59. The maximum absolute atomic E-state index is 8.61. The summed E-state index contributed by atoms with van der Waals surface area (Å²) in [7, 11) is 0. The molecule has 0 saturated heterocycles. The number of benzene rings is 7. The molecule has 0 aliphatic rings. The minimum Gasteiger partial charge on any atom is -0.309 e. The van der Waals surface area contributed by atoms with Gasteiger partial charge in [-0.2, -0.15) is 0 Å². The molecule has 206 valence electrons. The summed E-state index contributed by atoms with van der Waals surface area (Å²) in [5.74, 6) is 0. The second-order valence-electron chi connectivity index (χ2n) is 11.1. The zero-order valence-electron chi connectivity index (χ0n) is 28.7. The van der Waals surface area contributed by atoms with Crippen molar-refractivity contribution in [1.29, 1.82) is 0 Å². The highest BCUT2D eigenvalue weighted by atomic mass is 15.0. The molecule has 2 aromatic heterocycles. The zero-order valence-corrected chi connectivity index (χ0v) is 23.7. The summed E-state index contributed by atoms with van der Waals surface area (Å²) < 4.78 is 46.3. The molecule has 0 aliphatic carbocycles. The van der Waals surface area contributed by atoms with Crippen molar-refractivity contribution in [3.8, 4) is 33.6 Å². The van der Waals surface area contributed by atoms with Crippen LogP contribution in [0.5, 0.6) is 0 Å². The maximum atomic E-state index is 8.61. The number of rotatable bonds is 4. The molecular weight excluding hydrogens is 532 g/mol. The standard InChI is InChI=1S/C42H28N2/c1-3-12-29(13-4-1)31-22-24-33(25-23-31)43-39-20-9-7-18-35(39)37-27-38-36-19-8-10-21-40(36)44(42(38)28-41(37)43)34-17-11-16-32(26-34)30-14-5-2-6-15-30/h1-28H/i2D,5D,6D,14D,15D. The van der Waals surface area contributed by atoms with Crippen LogP contribution in [0.15, 0.2) is 170 Å². The largest absolute Gasteiger partial charge is 0.309 e. The molecule has 0 saturated carbocycles. The number of hydrogen-bond acceptors (Lipinski definition) is 0. The van der Waals surface area contributed by atoms with Crippen LogP contribution < -0.4 is 0 Å². The average molecular weight is 566 g/mol. The molecule has 0 aliphatic heterocycles. The Labute approximate surface area is 262 Å². The fourth-order valence-electron chi connectivity index (χ4n) is 6.62. The minimum atomic E-state index is -0.397. The van der Waals surface area contributed by atoms with Crippen molar-refractivity contribution in [1.82, 2.24) is 9.13 Å². The van der Waals surface area contributed by atoms with Crippen molar-refractivity contribution >= 4 is 43.6 Å². The molecule has 44 heavy (non-hydrogen) atoms. The van der Waals surface area contributed by atoms with E-state index >= 15 is 0 Å². The molecule has 0 unspecified atom stereocenters. The topological polar surface area (TPSA) is 9.86 Å². The fourth-order valence-corrected chi connectivity index (χ4v) is 6.62. The van der Waals surface area contributed by atoms with E-state index in [2.05, 4.69) is 112 Å². The van der Waals surface area contributed by atoms with E-state index in [1.807, 2.05) is 30.3 Å². The van der Waals surface area contributed by atoms with Crippen molar-refractivity contribution in [2.24, 2.45) is 0 Å². The molecule has 0 amide bonds. The fraction of sp³-hybridized carbons (Fsp3) is 0. The van der Waals surface area contributed by atoms with Gasteiger partial charge in [-0.25, -0.2) is 0 Å². The Bertz CT molecular complexity index is 2730. The smallest absolute Gasteiger partial charge is 0.0629 e. The van der Waals surface area contributed by atoms with Crippen LogP contribution in [-0.4, -0.2) is 9.13 Å². The van der Waals surface area contributed by atoms with E-state index in [9.17, 15) is 0 Å². The monoisotopic (exact) mass is 565 g/mol. The average Bonchev–Trinajstić information content (AvgIpc) is 3.65. The van der Waals surface area contributed by atoms with Crippen molar-refractivity contribution < 1.29 is 6.85 Å². The third kappa shape index (κ3) is 3.82. The van der Waals surface area contributed by atoms with Crippen molar-refractivity contribution in [2.75, 3.05) is 0 Å². The van der Waals surface area contributed by atoms with Crippen LogP contribution >= 0.6 is 0 Å². The first kappa shape index (κ1) is 20.1. The molecule has 0 atom stereocenters. The maximum Gasteiger partial charge on any atom is 0.0629 e. The van der Waals surface area contributed by atoms with Gasteiger partial charge in [0.2, 0.25) is 0 Å². The van der Waals surface area contributed by atoms with E-state index in [1.165, 1.54) is 10.9 Å². The number of fused-ring (bicyclic) bond motifs is 6. The highest BCUT2D eigenvalue weighted by molar-refractivity contribution is 6.19. The highest BCUT2D eigenvalue weighted by Crippen LogP contribution is 2.40. The van der Waals surface area contributed by atoms with E-state index in [0.29, 0.717) is 5.56 Å². The Morgan fingerprint density at radius 1 is 0.341 bits per heavy atom. The first-order valence-electron chi connectivity index (χ1n) is 17.2. The van der Waals surface area contributed by atoms with Gasteiger partial charge in [-0.1, -0.05) is 121 Å². The first-order valence-corrected chi connectivity index (χ1v) is 14.7. The van der Waals surface area contributed by atoms with Gasteiger partial charge < -0.3 is 9.13 Å². The predicted octanol–water partition coefficient (Wildman–Crippen LogP) is 11.2. The summed E-state index contributed by atoms with van der Waals surface area (Å²) in [6.45, 7) is 0. The second-order valence-corrected chi connectivity index (χ2v) is 11.1. The normalized spacial score (nSPS) is 13.2.